The Balaban J connectivity index is 2.17. The van der Waals surface area contributed by atoms with Gasteiger partial charge in [0.25, 0.3) is 0 Å². The summed E-state index contributed by atoms with van der Waals surface area (Å²) >= 11 is 5.76. The lowest BCUT2D eigenvalue weighted by Gasteiger charge is -2.14. The fourth-order valence-electron chi connectivity index (χ4n) is 1.90. The zero-order valence-electron chi connectivity index (χ0n) is 8.24. The van der Waals surface area contributed by atoms with Crippen LogP contribution in [0.1, 0.15) is 25.7 Å². The molecule has 5 heteroatoms. The van der Waals surface area contributed by atoms with Crippen LogP contribution in [0.3, 0.4) is 0 Å². The molecule has 0 radical (unpaired) electrons. The molecule has 1 aromatic heterocycles. The molecule has 0 saturated heterocycles. The van der Waals surface area contributed by atoms with Crippen molar-refractivity contribution in [2.24, 2.45) is 5.18 Å². The predicted molar refractivity (Wildman–Crippen MR) is 60.6 cm³/mol. The van der Waals surface area contributed by atoms with Crippen LogP contribution in [0.15, 0.2) is 17.4 Å². The molecule has 4 nitrogen and oxygen atoms in total. The van der Waals surface area contributed by atoms with E-state index in [2.05, 4.69) is 15.5 Å². The van der Waals surface area contributed by atoms with Gasteiger partial charge in [0.1, 0.15) is 10.8 Å². The van der Waals surface area contributed by atoms with Crippen LogP contribution in [0.5, 0.6) is 0 Å². The first-order valence-corrected chi connectivity index (χ1v) is 5.43. The third-order valence-corrected chi connectivity index (χ3v) is 2.87. The molecular weight excluding hydrogens is 214 g/mol. The van der Waals surface area contributed by atoms with E-state index in [1.165, 1.54) is 19.0 Å². The molecule has 0 aliphatic heterocycles. The van der Waals surface area contributed by atoms with Crippen molar-refractivity contribution in [3.05, 3.63) is 22.3 Å². The summed E-state index contributed by atoms with van der Waals surface area (Å²) in [5.74, 6) is 0. The Labute approximate surface area is 93.0 Å². The quantitative estimate of drug-likeness (QED) is 0.633. The summed E-state index contributed by atoms with van der Waals surface area (Å²) in [6, 6.07) is 2.08. The van der Waals surface area contributed by atoms with E-state index in [1.54, 1.807) is 6.07 Å². The van der Waals surface area contributed by atoms with E-state index in [0.717, 1.165) is 12.8 Å². The highest BCUT2D eigenvalue weighted by molar-refractivity contribution is 6.29. The van der Waals surface area contributed by atoms with Gasteiger partial charge >= 0.3 is 0 Å². The zero-order chi connectivity index (χ0) is 10.7. The van der Waals surface area contributed by atoms with Crippen LogP contribution in [0.2, 0.25) is 5.15 Å². The monoisotopic (exact) mass is 225 g/mol. The summed E-state index contributed by atoms with van der Waals surface area (Å²) in [6.07, 6.45) is 6.14. The van der Waals surface area contributed by atoms with Gasteiger partial charge in [-0.25, -0.2) is 4.98 Å². The van der Waals surface area contributed by atoms with E-state index in [4.69, 9.17) is 11.6 Å². The van der Waals surface area contributed by atoms with Crippen LogP contribution in [0, 0.1) is 4.91 Å². The lowest BCUT2D eigenvalue weighted by Crippen LogP contribution is -2.14. The van der Waals surface area contributed by atoms with Crippen molar-refractivity contribution in [1.82, 2.24) is 4.98 Å². The lowest BCUT2D eigenvalue weighted by atomic mass is 10.2. The van der Waals surface area contributed by atoms with Crippen LogP contribution in [-0.2, 0) is 0 Å². The third-order valence-electron chi connectivity index (χ3n) is 2.66. The van der Waals surface area contributed by atoms with Crippen molar-refractivity contribution in [3.63, 3.8) is 0 Å². The number of rotatable bonds is 3. The molecule has 1 fully saturated rings. The second kappa shape index (κ2) is 4.57. The Morgan fingerprint density at radius 1 is 1.47 bits per heavy atom. The minimum atomic E-state index is 0.325. The molecule has 0 unspecified atom stereocenters. The van der Waals surface area contributed by atoms with Gasteiger partial charge in [0.2, 0.25) is 0 Å². The first kappa shape index (κ1) is 10.4. The standard InChI is InChI=1S/C10H12ClN3O/c11-10-5-8(9(14-15)6-12-10)13-7-3-1-2-4-7/h5-7H,1-4H2,(H,12,13). The molecule has 15 heavy (non-hydrogen) atoms. The second-order valence-corrected chi connectivity index (χ2v) is 4.13. The molecule has 1 N–H and O–H groups in total. The molecule has 1 aromatic rings. The van der Waals surface area contributed by atoms with Crippen molar-refractivity contribution in [2.45, 2.75) is 31.7 Å². The Hall–Kier alpha value is -1.16. The summed E-state index contributed by atoms with van der Waals surface area (Å²) < 4.78 is 0. The van der Waals surface area contributed by atoms with Gasteiger partial charge in [0, 0.05) is 12.1 Å². The van der Waals surface area contributed by atoms with Gasteiger partial charge in [-0.15, -0.1) is 4.91 Å². The minimum absolute atomic E-state index is 0.325. The molecule has 0 bridgehead atoms. The second-order valence-electron chi connectivity index (χ2n) is 3.74. The van der Waals surface area contributed by atoms with E-state index in [-0.39, 0.29) is 0 Å². The molecule has 0 atom stereocenters. The summed E-state index contributed by atoms with van der Waals surface area (Å²) in [5.41, 5.74) is 1.02. The van der Waals surface area contributed by atoms with Gasteiger partial charge in [-0.1, -0.05) is 24.4 Å². The summed E-state index contributed by atoms with van der Waals surface area (Å²) in [5, 5.41) is 6.58. The first-order chi connectivity index (χ1) is 7.29. The van der Waals surface area contributed by atoms with Crippen molar-refractivity contribution in [2.75, 3.05) is 5.32 Å². The normalized spacial score (nSPS) is 16.6. The number of hydrogen-bond donors (Lipinski definition) is 1. The van der Waals surface area contributed by atoms with Gasteiger partial charge in [-0.2, -0.15) is 0 Å². The maximum Gasteiger partial charge on any atom is 0.149 e. The molecule has 80 valence electrons. The van der Waals surface area contributed by atoms with Crippen molar-refractivity contribution < 1.29 is 0 Å². The predicted octanol–water partition coefficient (Wildman–Crippen LogP) is 3.49. The van der Waals surface area contributed by atoms with E-state index in [9.17, 15) is 4.91 Å². The number of nitrogens with one attached hydrogen (secondary N) is 1. The van der Waals surface area contributed by atoms with E-state index < -0.39 is 0 Å². The van der Waals surface area contributed by atoms with Crippen molar-refractivity contribution in [3.8, 4) is 0 Å². The third kappa shape index (κ3) is 2.45. The fraction of sp³-hybridized carbons (Fsp3) is 0.500. The van der Waals surface area contributed by atoms with Crippen LogP contribution in [0.25, 0.3) is 0 Å². The van der Waals surface area contributed by atoms with E-state index >= 15 is 0 Å². The van der Waals surface area contributed by atoms with Gasteiger partial charge in [0.05, 0.1) is 11.9 Å². The smallest absolute Gasteiger partial charge is 0.149 e. The van der Waals surface area contributed by atoms with Gasteiger partial charge < -0.3 is 5.32 Å². The van der Waals surface area contributed by atoms with E-state index in [0.29, 0.717) is 22.6 Å². The highest BCUT2D eigenvalue weighted by Gasteiger charge is 2.16. The van der Waals surface area contributed by atoms with Crippen LogP contribution < -0.4 is 5.32 Å². The molecule has 1 aliphatic carbocycles. The highest BCUT2D eigenvalue weighted by Crippen LogP contribution is 2.30. The number of anilines is 1. The molecule has 0 amide bonds. The minimum Gasteiger partial charge on any atom is -0.380 e. The molecule has 2 rings (SSSR count). The molecule has 1 aliphatic rings. The summed E-state index contributed by atoms with van der Waals surface area (Å²) in [4.78, 5) is 14.4. The molecule has 0 aromatic carbocycles. The van der Waals surface area contributed by atoms with E-state index in [1.807, 2.05) is 0 Å². The molecular formula is C10H12ClN3O. The number of pyridine rings is 1. The number of aromatic nitrogens is 1. The molecule has 1 saturated carbocycles. The van der Waals surface area contributed by atoms with Crippen LogP contribution >= 0.6 is 11.6 Å². The highest BCUT2D eigenvalue weighted by atomic mass is 35.5. The maximum absolute atomic E-state index is 10.5. The number of nitrogens with zero attached hydrogens (tertiary/aromatic N) is 2. The Bertz CT molecular complexity index is 364. The number of halogens is 1. The van der Waals surface area contributed by atoms with Gasteiger partial charge in [0.15, 0.2) is 0 Å². The Morgan fingerprint density at radius 3 is 2.87 bits per heavy atom. The van der Waals surface area contributed by atoms with Crippen LogP contribution in [0.4, 0.5) is 11.4 Å². The largest absolute Gasteiger partial charge is 0.380 e. The van der Waals surface area contributed by atoms with Crippen molar-refractivity contribution in [1.29, 1.82) is 0 Å². The summed E-state index contributed by atoms with van der Waals surface area (Å²) in [7, 11) is 0. The van der Waals surface area contributed by atoms with Crippen LogP contribution in [-0.4, -0.2) is 11.0 Å². The lowest BCUT2D eigenvalue weighted by molar-refractivity contribution is 0.755. The van der Waals surface area contributed by atoms with Gasteiger partial charge in [-0.3, -0.25) is 0 Å². The average Bonchev–Trinajstić information content (AvgIpc) is 2.71. The Morgan fingerprint density at radius 2 is 2.20 bits per heavy atom. The SMILES string of the molecule is O=Nc1cnc(Cl)cc1NC1CCCC1. The average molecular weight is 226 g/mol. The summed E-state index contributed by atoms with van der Waals surface area (Å²) in [6.45, 7) is 0. The number of nitroso groups, excluding NO2 is 1. The first-order valence-electron chi connectivity index (χ1n) is 5.05. The zero-order valence-corrected chi connectivity index (χ0v) is 9.00. The topological polar surface area (TPSA) is 54.4 Å². The Kier molecular flexibility index (Phi) is 3.16. The number of hydrogen-bond acceptors (Lipinski definition) is 4. The maximum atomic E-state index is 10.5. The van der Waals surface area contributed by atoms with Crippen molar-refractivity contribution >= 4 is 23.0 Å². The fourth-order valence-corrected chi connectivity index (χ4v) is 2.06. The van der Waals surface area contributed by atoms with Gasteiger partial charge in [-0.05, 0) is 18.0 Å². The molecule has 1 heterocycles. The molecule has 0 spiro atoms.